The van der Waals surface area contributed by atoms with E-state index in [2.05, 4.69) is 15.2 Å². The van der Waals surface area contributed by atoms with Crippen molar-refractivity contribution in [3.63, 3.8) is 0 Å². The monoisotopic (exact) mass is 249 g/mol. The first-order valence-electron chi connectivity index (χ1n) is 6.42. The zero-order chi connectivity index (χ0) is 12.8. The fourth-order valence-electron chi connectivity index (χ4n) is 2.25. The Hall–Kier alpha value is -1.62. The zero-order valence-corrected chi connectivity index (χ0v) is 10.4. The van der Waals surface area contributed by atoms with Crippen molar-refractivity contribution in [2.24, 2.45) is 0 Å². The Morgan fingerprint density at radius 1 is 1.39 bits per heavy atom. The van der Waals surface area contributed by atoms with E-state index in [9.17, 15) is 4.79 Å². The summed E-state index contributed by atoms with van der Waals surface area (Å²) in [5, 5.41) is 12.2. The molecule has 5 heteroatoms. The van der Waals surface area contributed by atoms with Crippen LogP contribution in [0.5, 0.6) is 0 Å². The van der Waals surface area contributed by atoms with Gasteiger partial charge in [-0.2, -0.15) is 0 Å². The van der Waals surface area contributed by atoms with Crippen LogP contribution in [-0.4, -0.2) is 47.1 Å². The Morgan fingerprint density at radius 2 is 2.17 bits per heavy atom. The Morgan fingerprint density at radius 3 is 2.89 bits per heavy atom. The molecule has 2 heterocycles. The fraction of sp³-hybridized carbons (Fsp3) is 0.538. The van der Waals surface area contributed by atoms with E-state index in [1.807, 2.05) is 0 Å². The molecule has 0 amide bonds. The Kier molecular flexibility index (Phi) is 4.52. The second-order valence-electron chi connectivity index (χ2n) is 4.53. The van der Waals surface area contributed by atoms with Crippen molar-refractivity contribution in [3.05, 3.63) is 24.0 Å². The van der Waals surface area contributed by atoms with Gasteiger partial charge in [-0.15, -0.1) is 0 Å². The molecule has 0 atom stereocenters. The molecule has 0 saturated carbocycles. The third kappa shape index (κ3) is 3.43. The summed E-state index contributed by atoms with van der Waals surface area (Å²) in [5.74, 6) is -0.990. The van der Waals surface area contributed by atoms with Gasteiger partial charge in [-0.05, 0) is 38.1 Å². The van der Waals surface area contributed by atoms with E-state index in [0.29, 0.717) is 5.69 Å². The highest BCUT2D eigenvalue weighted by atomic mass is 16.4. The highest BCUT2D eigenvalue weighted by Gasteiger charge is 2.12. The van der Waals surface area contributed by atoms with Crippen LogP contribution < -0.4 is 5.32 Å². The van der Waals surface area contributed by atoms with Crippen LogP contribution in [0.15, 0.2) is 18.3 Å². The molecular weight excluding hydrogens is 230 g/mol. The first-order chi connectivity index (χ1) is 8.77. The molecule has 0 aromatic carbocycles. The molecular formula is C13H19N3O2. The largest absolute Gasteiger partial charge is 0.476 e. The van der Waals surface area contributed by atoms with Gasteiger partial charge in [0.15, 0.2) is 5.69 Å². The Labute approximate surface area is 107 Å². The van der Waals surface area contributed by atoms with Gasteiger partial charge in [-0.1, -0.05) is 6.42 Å². The summed E-state index contributed by atoms with van der Waals surface area (Å²) in [6.07, 6.45) is 5.37. The summed E-state index contributed by atoms with van der Waals surface area (Å²) in [7, 11) is 0. The normalized spacial score (nSPS) is 16.4. The number of carbonyl (C=O) groups is 1. The summed E-state index contributed by atoms with van der Waals surface area (Å²) < 4.78 is 0. The van der Waals surface area contributed by atoms with Crippen LogP contribution in [-0.2, 0) is 0 Å². The second-order valence-corrected chi connectivity index (χ2v) is 4.53. The van der Waals surface area contributed by atoms with E-state index >= 15 is 0 Å². The highest BCUT2D eigenvalue weighted by Crippen LogP contribution is 2.12. The van der Waals surface area contributed by atoms with Crippen molar-refractivity contribution in [2.75, 3.05) is 31.5 Å². The summed E-state index contributed by atoms with van der Waals surface area (Å²) in [6, 6.07) is 3.50. The summed E-state index contributed by atoms with van der Waals surface area (Å²) >= 11 is 0. The molecule has 2 N–H and O–H groups in total. The second kappa shape index (κ2) is 6.35. The minimum absolute atomic E-state index is 0.0937. The summed E-state index contributed by atoms with van der Waals surface area (Å²) in [5.41, 5.74) is 0.693. The molecule has 2 rings (SSSR count). The quantitative estimate of drug-likeness (QED) is 0.831. The van der Waals surface area contributed by atoms with Crippen molar-refractivity contribution in [1.82, 2.24) is 9.88 Å². The molecule has 1 aromatic rings. The van der Waals surface area contributed by atoms with Gasteiger partial charge in [0.2, 0.25) is 0 Å². The van der Waals surface area contributed by atoms with Crippen LogP contribution >= 0.6 is 0 Å². The molecule has 98 valence electrons. The SMILES string of the molecule is O=C(O)c1ncccc1NCCN1CCCCC1. The van der Waals surface area contributed by atoms with Gasteiger partial charge in [0.05, 0.1) is 5.69 Å². The zero-order valence-electron chi connectivity index (χ0n) is 10.4. The van der Waals surface area contributed by atoms with E-state index in [1.165, 1.54) is 25.5 Å². The third-order valence-corrected chi connectivity index (χ3v) is 3.20. The number of aromatic carboxylic acids is 1. The number of piperidine rings is 1. The van der Waals surface area contributed by atoms with E-state index in [4.69, 9.17) is 5.11 Å². The van der Waals surface area contributed by atoms with Crippen LogP contribution in [0, 0.1) is 0 Å². The van der Waals surface area contributed by atoms with Gasteiger partial charge in [-0.3, -0.25) is 0 Å². The minimum Gasteiger partial charge on any atom is -0.476 e. The highest BCUT2D eigenvalue weighted by molar-refractivity contribution is 5.91. The molecule has 1 saturated heterocycles. The number of rotatable bonds is 5. The van der Waals surface area contributed by atoms with Crippen LogP contribution in [0.3, 0.4) is 0 Å². The van der Waals surface area contributed by atoms with Gasteiger partial charge < -0.3 is 15.3 Å². The van der Waals surface area contributed by atoms with E-state index in [1.54, 1.807) is 12.1 Å². The molecule has 0 spiro atoms. The molecule has 0 radical (unpaired) electrons. The maximum atomic E-state index is 11.0. The number of nitrogens with zero attached hydrogens (tertiary/aromatic N) is 2. The maximum absolute atomic E-state index is 11.0. The molecule has 1 aliphatic heterocycles. The van der Waals surface area contributed by atoms with Crippen molar-refractivity contribution < 1.29 is 9.90 Å². The molecule has 0 aliphatic carbocycles. The number of anilines is 1. The fourth-order valence-corrected chi connectivity index (χ4v) is 2.25. The lowest BCUT2D eigenvalue weighted by Crippen LogP contribution is -2.33. The minimum atomic E-state index is -0.990. The van der Waals surface area contributed by atoms with Crippen molar-refractivity contribution in [2.45, 2.75) is 19.3 Å². The predicted molar refractivity (Wildman–Crippen MR) is 70.0 cm³/mol. The van der Waals surface area contributed by atoms with Gasteiger partial charge in [-0.25, -0.2) is 9.78 Å². The summed E-state index contributed by atoms with van der Waals surface area (Å²) in [4.78, 5) is 17.3. The lowest BCUT2D eigenvalue weighted by molar-refractivity contribution is 0.0691. The van der Waals surface area contributed by atoms with Gasteiger partial charge in [0, 0.05) is 19.3 Å². The van der Waals surface area contributed by atoms with Crippen molar-refractivity contribution >= 4 is 11.7 Å². The van der Waals surface area contributed by atoms with Crippen molar-refractivity contribution in [3.8, 4) is 0 Å². The average molecular weight is 249 g/mol. The third-order valence-electron chi connectivity index (χ3n) is 3.20. The number of carboxylic acids is 1. The molecule has 1 fully saturated rings. The summed E-state index contributed by atoms with van der Waals surface area (Å²) in [6.45, 7) is 4.01. The molecule has 18 heavy (non-hydrogen) atoms. The van der Waals surface area contributed by atoms with Gasteiger partial charge in [0.1, 0.15) is 0 Å². The Bertz CT molecular complexity index is 403. The van der Waals surface area contributed by atoms with E-state index in [0.717, 1.165) is 26.2 Å². The topological polar surface area (TPSA) is 65.5 Å². The van der Waals surface area contributed by atoms with E-state index < -0.39 is 5.97 Å². The number of aromatic nitrogens is 1. The number of nitrogens with one attached hydrogen (secondary N) is 1. The smallest absolute Gasteiger partial charge is 0.356 e. The molecule has 5 nitrogen and oxygen atoms in total. The first kappa shape index (κ1) is 12.8. The van der Waals surface area contributed by atoms with Crippen LogP contribution in [0.2, 0.25) is 0 Å². The number of pyridine rings is 1. The van der Waals surface area contributed by atoms with E-state index in [-0.39, 0.29) is 5.69 Å². The maximum Gasteiger partial charge on any atom is 0.356 e. The lowest BCUT2D eigenvalue weighted by Gasteiger charge is -2.26. The molecule has 1 aliphatic rings. The van der Waals surface area contributed by atoms with Gasteiger partial charge >= 0.3 is 5.97 Å². The predicted octanol–water partition coefficient (Wildman–Crippen LogP) is 1.68. The number of hydrogen-bond donors (Lipinski definition) is 2. The molecule has 1 aromatic heterocycles. The number of carboxylic acid groups (broad SMARTS) is 1. The molecule has 0 unspecified atom stereocenters. The van der Waals surface area contributed by atoms with Gasteiger partial charge in [0.25, 0.3) is 0 Å². The molecule has 0 bridgehead atoms. The van der Waals surface area contributed by atoms with Crippen LogP contribution in [0.1, 0.15) is 29.8 Å². The van der Waals surface area contributed by atoms with Crippen molar-refractivity contribution in [1.29, 1.82) is 0 Å². The Balaban J connectivity index is 1.84. The first-order valence-corrected chi connectivity index (χ1v) is 6.42. The number of likely N-dealkylation sites (tertiary alicyclic amines) is 1. The average Bonchev–Trinajstić information content (AvgIpc) is 2.40. The van der Waals surface area contributed by atoms with Crippen LogP contribution in [0.25, 0.3) is 0 Å². The van der Waals surface area contributed by atoms with Crippen LogP contribution in [0.4, 0.5) is 5.69 Å². The number of hydrogen-bond acceptors (Lipinski definition) is 4. The lowest BCUT2D eigenvalue weighted by atomic mass is 10.1. The standard InChI is InChI=1S/C13H19N3O2/c17-13(18)12-11(5-4-6-15-12)14-7-10-16-8-2-1-3-9-16/h4-6,14H,1-3,7-10H2,(H,17,18).